The van der Waals surface area contributed by atoms with Gasteiger partial charge in [-0.05, 0) is 26.2 Å². The molecule has 3 heteroatoms. The third kappa shape index (κ3) is 1.99. The van der Waals surface area contributed by atoms with Crippen LogP contribution in [0.25, 0.3) is 0 Å². The maximum atomic E-state index is 9.32. The molecule has 1 heterocycles. The van der Waals surface area contributed by atoms with Crippen LogP contribution in [0.3, 0.4) is 0 Å². The number of aliphatic hydroxyl groups is 1. The normalized spacial score (nSPS) is 13.0. The van der Waals surface area contributed by atoms with Gasteiger partial charge in [0.1, 0.15) is 0 Å². The van der Waals surface area contributed by atoms with Crippen LogP contribution in [0.1, 0.15) is 24.3 Å². The van der Waals surface area contributed by atoms with E-state index in [0.717, 1.165) is 16.3 Å². The Morgan fingerprint density at radius 2 is 2.17 bits per heavy atom. The van der Waals surface area contributed by atoms with Gasteiger partial charge >= 0.3 is 0 Å². The Hall–Kier alpha value is -0.540. The fourth-order valence-corrected chi connectivity index (χ4v) is 1.54. The van der Waals surface area contributed by atoms with Gasteiger partial charge in [0.25, 0.3) is 0 Å². The summed E-state index contributed by atoms with van der Waals surface area (Å²) < 4.78 is 0. The summed E-state index contributed by atoms with van der Waals surface area (Å²) in [6.07, 6.45) is 1.57. The minimum Gasteiger partial charge on any atom is -0.389 e. The maximum Gasteiger partial charge on any atom is 0.0960 e. The Morgan fingerprint density at radius 3 is 2.58 bits per heavy atom. The minimum absolute atomic E-state index is 0.423. The number of thioether (sulfide) groups is 1. The average Bonchev–Trinajstić information content (AvgIpc) is 2.03. The van der Waals surface area contributed by atoms with Crippen molar-refractivity contribution >= 4 is 11.8 Å². The lowest BCUT2D eigenvalue weighted by Gasteiger charge is -2.08. The molecule has 0 fully saturated rings. The molecule has 0 aliphatic rings. The van der Waals surface area contributed by atoms with Crippen LogP contribution in [0.4, 0.5) is 0 Å². The van der Waals surface area contributed by atoms with Gasteiger partial charge < -0.3 is 5.11 Å². The summed E-state index contributed by atoms with van der Waals surface area (Å²) in [5, 5.41) is 10.3. The maximum absolute atomic E-state index is 9.32. The second-order valence-corrected chi connectivity index (χ2v) is 3.53. The Kier molecular flexibility index (Phi) is 3.12. The summed E-state index contributed by atoms with van der Waals surface area (Å²) >= 11 is 1.61. The molecule has 0 saturated carbocycles. The predicted octanol–water partition coefficient (Wildman–Crippen LogP) is 2.17. The van der Waals surface area contributed by atoms with E-state index in [1.165, 1.54) is 0 Å². The lowest BCUT2D eigenvalue weighted by atomic mass is 10.1. The Balaban J connectivity index is 3.03. The van der Waals surface area contributed by atoms with E-state index >= 15 is 0 Å². The van der Waals surface area contributed by atoms with Gasteiger partial charge in [0.05, 0.1) is 11.1 Å². The summed E-state index contributed by atoms with van der Waals surface area (Å²) in [5.74, 6) is 0. The highest BCUT2D eigenvalue weighted by atomic mass is 32.2. The van der Waals surface area contributed by atoms with Gasteiger partial charge in [-0.2, -0.15) is 0 Å². The molecule has 0 saturated heterocycles. The van der Waals surface area contributed by atoms with E-state index in [2.05, 4.69) is 4.98 Å². The number of rotatable bonds is 2. The largest absolute Gasteiger partial charge is 0.389 e. The molecule has 1 N–H and O–H groups in total. The smallest absolute Gasteiger partial charge is 0.0960 e. The second-order valence-electron chi connectivity index (χ2n) is 2.70. The molecular formula is C9H13NOS. The van der Waals surface area contributed by atoms with Crippen LogP contribution in [0.15, 0.2) is 17.2 Å². The van der Waals surface area contributed by atoms with E-state index in [9.17, 15) is 5.11 Å². The van der Waals surface area contributed by atoms with Crippen molar-refractivity contribution in [2.45, 2.75) is 25.0 Å². The van der Waals surface area contributed by atoms with E-state index in [1.54, 1.807) is 18.7 Å². The van der Waals surface area contributed by atoms with E-state index in [-0.39, 0.29) is 0 Å². The standard InChI is InChI=1S/C9H13NOS/c1-6-8(7(2)11)4-5-9(10-6)12-3/h4-5,7,11H,1-3H3. The quantitative estimate of drug-likeness (QED) is 0.713. The lowest BCUT2D eigenvalue weighted by Crippen LogP contribution is -1.97. The minimum atomic E-state index is -0.423. The van der Waals surface area contributed by atoms with Crippen molar-refractivity contribution < 1.29 is 5.11 Å². The van der Waals surface area contributed by atoms with Gasteiger partial charge in [-0.3, -0.25) is 0 Å². The highest BCUT2D eigenvalue weighted by Gasteiger charge is 2.05. The van der Waals surface area contributed by atoms with Gasteiger partial charge in [0.2, 0.25) is 0 Å². The first-order chi connectivity index (χ1) is 5.65. The molecule has 0 aliphatic carbocycles. The molecule has 0 aromatic carbocycles. The SMILES string of the molecule is CSc1ccc(C(C)O)c(C)n1. The van der Waals surface area contributed by atoms with Gasteiger partial charge in [0, 0.05) is 11.3 Å². The fourth-order valence-electron chi connectivity index (χ4n) is 1.10. The van der Waals surface area contributed by atoms with Crippen LogP contribution in [-0.4, -0.2) is 16.3 Å². The van der Waals surface area contributed by atoms with Crippen molar-refractivity contribution in [3.05, 3.63) is 23.4 Å². The van der Waals surface area contributed by atoms with Crippen molar-refractivity contribution in [3.8, 4) is 0 Å². The van der Waals surface area contributed by atoms with Crippen LogP contribution < -0.4 is 0 Å². The van der Waals surface area contributed by atoms with E-state index in [4.69, 9.17) is 0 Å². The Morgan fingerprint density at radius 1 is 1.50 bits per heavy atom. The summed E-state index contributed by atoms with van der Waals surface area (Å²) in [5.41, 5.74) is 1.82. The zero-order chi connectivity index (χ0) is 9.14. The molecule has 66 valence electrons. The van der Waals surface area contributed by atoms with Crippen molar-refractivity contribution in [1.82, 2.24) is 4.98 Å². The summed E-state index contributed by atoms with van der Waals surface area (Å²) in [4.78, 5) is 4.32. The molecule has 1 aromatic heterocycles. The molecule has 0 radical (unpaired) electrons. The first kappa shape index (κ1) is 9.55. The molecule has 12 heavy (non-hydrogen) atoms. The lowest BCUT2D eigenvalue weighted by molar-refractivity contribution is 0.198. The first-order valence-corrected chi connectivity index (χ1v) is 5.07. The van der Waals surface area contributed by atoms with Crippen molar-refractivity contribution in [2.75, 3.05) is 6.26 Å². The van der Waals surface area contributed by atoms with Crippen LogP contribution in [0.5, 0.6) is 0 Å². The molecule has 1 rings (SSSR count). The first-order valence-electron chi connectivity index (χ1n) is 3.84. The van der Waals surface area contributed by atoms with Crippen molar-refractivity contribution in [2.24, 2.45) is 0 Å². The third-order valence-electron chi connectivity index (χ3n) is 1.76. The highest BCUT2D eigenvalue weighted by molar-refractivity contribution is 7.98. The summed E-state index contributed by atoms with van der Waals surface area (Å²) in [6.45, 7) is 3.67. The number of nitrogens with zero attached hydrogens (tertiary/aromatic N) is 1. The number of hydrogen-bond acceptors (Lipinski definition) is 3. The number of pyridine rings is 1. The van der Waals surface area contributed by atoms with Crippen LogP contribution in [0, 0.1) is 6.92 Å². The van der Waals surface area contributed by atoms with Crippen LogP contribution in [0.2, 0.25) is 0 Å². The van der Waals surface area contributed by atoms with E-state index in [0.29, 0.717) is 0 Å². The number of hydrogen-bond donors (Lipinski definition) is 1. The molecule has 0 bridgehead atoms. The number of aromatic nitrogens is 1. The van der Waals surface area contributed by atoms with Gasteiger partial charge in [-0.25, -0.2) is 4.98 Å². The highest BCUT2D eigenvalue weighted by Crippen LogP contribution is 2.19. The fraction of sp³-hybridized carbons (Fsp3) is 0.444. The predicted molar refractivity (Wildman–Crippen MR) is 51.4 cm³/mol. The zero-order valence-corrected chi connectivity index (χ0v) is 8.35. The molecule has 0 aliphatic heterocycles. The molecule has 1 atom stereocenters. The van der Waals surface area contributed by atoms with Gasteiger partial charge in [-0.15, -0.1) is 11.8 Å². The van der Waals surface area contributed by atoms with Crippen LogP contribution in [-0.2, 0) is 0 Å². The van der Waals surface area contributed by atoms with Gasteiger partial charge in [-0.1, -0.05) is 6.07 Å². The van der Waals surface area contributed by atoms with Crippen molar-refractivity contribution in [3.63, 3.8) is 0 Å². The second kappa shape index (κ2) is 3.92. The molecule has 1 aromatic rings. The topological polar surface area (TPSA) is 33.1 Å². The van der Waals surface area contributed by atoms with E-state index < -0.39 is 6.10 Å². The zero-order valence-electron chi connectivity index (χ0n) is 7.53. The molecule has 2 nitrogen and oxygen atoms in total. The summed E-state index contributed by atoms with van der Waals surface area (Å²) in [7, 11) is 0. The van der Waals surface area contributed by atoms with Crippen molar-refractivity contribution in [1.29, 1.82) is 0 Å². The van der Waals surface area contributed by atoms with Gasteiger partial charge in [0.15, 0.2) is 0 Å². The van der Waals surface area contributed by atoms with E-state index in [1.807, 2.05) is 25.3 Å². The number of aryl methyl sites for hydroxylation is 1. The number of aliphatic hydroxyl groups excluding tert-OH is 1. The molecule has 1 unspecified atom stereocenters. The molecular weight excluding hydrogens is 170 g/mol. The molecule has 0 spiro atoms. The summed E-state index contributed by atoms with van der Waals surface area (Å²) in [6, 6.07) is 3.86. The van der Waals surface area contributed by atoms with Crippen LogP contribution >= 0.6 is 11.8 Å². The Bertz CT molecular complexity index is 273. The average molecular weight is 183 g/mol. The Labute approximate surface area is 77.0 Å². The molecule has 0 amide bonds. The monoisotopic (exact) mass is 183 g/mol. The third-order valence-corrected chi connectivity index (χ3v) is 2.41.